The molecular formula is C15H32ClN3O3S. The fraction of sp³-hybridized carbons (Fsp3) is 0.933. The van der Waals surface area contributed by atoms with Crippen molar-refractivity contribution in [3.63, 3.8) is 0 Å². The fourth-order valence-corrected chi connectivity index (χ4v) is 4.50. The lowest BCUT2D eigenvalue weighted by Gasteiger charge is -2.35. The zero-order valence-electron chi connectivity index (χ0n) is 14.5. The number of rotatable bonds is 8. The minimum atomic E-state index is -3.35. The number of piperidine rings is 1. The molecule has 1 aliphatic rings. The number of carbonyl (C=O) groups is 1. The molecule has 0 aromatic heterocycles. The van der Waals surface area contributed by atoms with Crippen molar-refractivity contribution in [1.82, 2.24) is 9.62 Å². The normalized spacial score (nSPS) is 19.9. The lowest BCUT2D eigenvalue weighted by molar-refractivity contribution is -0.126. The van der Waals surface area contributed by atoms with E-state index >= 15 is 0 Å². The van der Waals surface area contributed by atoms with Crippen molar-refractivity contribution in [3.05, 3.63) is 0 Å². The maximum absolute atomic E-state index is 12.5. The van der Waals surface area contributed by atoms with Crippen molar-refractivity contribution < 1.29 is 13.2 Å². The van der Waals surface area contributed by atoms with E-state index in [1.807, 2.05) is 20.8 Å². The molecule has 0 spiro atoms. The second kappa shape index (κ2) is 9.81. The number of nitrogens with two attached hydrogens (primary N) is 1. The number of amides is 1. The van der Waals surface area contributed by atoms with Crippen LogP contribution in [0.15, 0.2) is 0 Å². The highest BCUT2D eigenvalue weighted by atomic mass is 35.5. The molecule has 23 heavy (non-hydrogen) atoms. The molecule has 1 fully saturated rings. The van der Waals surface area contributed by atoms with Gasteiger partial charge in [0.25, 0.3) is 0 Å². The second-order valence-corrected chi connectivity index (χ2v) is 8.27. The Bertz CT molecular complexity index is 467. The Hall–Kier alpha value is -0.370. The summed E-state index contributed by atoms with van der Waals surface area (Å²) in [5.41, 5.74) is 5.78. The molecule has 0 bridgehead atoms. The van der Waals surface area contributed by atoms with Crippen molar-refractivity contribution in [2.24, 2.45) is 5.73 Å². The van der Waals surface area contributed by atoms with Crippen LogP contribution in [0.2, 0.25) is 0 Å². The average molecular weight is 370 g/mol. The Morgan fingerprint density at radius 3 is 2.39 bits per heavy atom. The Balaban J connectivity index is 0.00000484. The summed E-state index contributed by atoms with van der Waals surface area (Å²) in [7, 11) is -3.35. The predicted molar refractivity (Wildman–Crippen MR) is 96.2 cm³/mol. The van der Waals surface area contributed by atoms with Gasteiger partial charge in [0.1, 0.15) is 6.04 Å². The first kappa shape index (κ1) is 22.6. The third-order valence-corrected chi connectivity index (χ3v) is 6.67. The largest absolute Gasteiger partial charge is 0.353 e. The predicted octanol–water partition coefficient (Wildman–Crippen LogP) is 1.64. The van der Waals surface area contributed by atoms with Crippen molar-refractivity contribution in [1.29, 1.82) is 0 Å². The average Bonchev–Trinajstić information content (AvgIpc) is 2.52. The van der Waals surface area contributed by atoms with Gasteiger partial charge in [-0.15, -0.1) is 12.4 Å². The van der Waals surface area contributed by atoms with Crippen molar-refractivity contribution in [2.45, 2.75) is 70.9 Å². The molecule has 1 aliphatic heterocycles. The Morgan fingerprint density at radius 2 is 1.87 bits per heavy atom. The zero-order valence-corrected chi connectivity index (χ0v) is 16.1. The number of carbonyl (C=O) groups excluding carboxylic acids is 1. The summed E-state index contributed by atoms with van der Waals surface area (Å²) >= 11 is 0. The summed E-state index contributed by atoms with van der Waals surface area (Å²) in [5, 5.41) is 2.87. The molecule has 6 nitrogen and oxygen atoms in total. The molecule has 1 heterocycles. The lowest BCUT2D eigenvalue weighted by Crippen LogP contribution is -2.56. The maximum Gasteiger partial charge on any atom is 0.238 e. The van der Waals surface area contributed by atoms with Crippen LogP contribution in [0.3, 0.4) is 0 Å². The molecule has 3 N–H and O–H groups in total. The van der Waals surface area contributed by atoms with Crippen LogP contribution in [0.4, 0.5) is 0 Å². The summed E-state index contributed by atoms with van der Waals surface area (Å²) < 4.78 is 26.1. The van der Waals surface area contributed by atoms with Crippen molar-refractivity contribution in [2.75, 3.05) is 18.8 Å². The lowest BCUT2D eigenvalue weighted by atomic mass is 9.94. The third kappa shape index (κ3) is 6.21. The molecule has 0 saturated carbocycles. The van der Waals surface area contributed by atoms with Gasteiger partial charge in [-0.1, -0.05) is 27.2 Å². The monoisotopic (exact) mass is 369 g/mol. The van der Waals surface area contributed by atoms with Crippen LogP contribution in [0, 0.1) is 0 Å². The van der Waals surface area contributed by atoms with Gasteiger partial charge in [-0.3, -0.25) is 4.79 Å². The van der Waals surface area contributed by atoms with Gasteiger partial charge in [0.15, 0.2) is 0 Å². The van der Waals surface area contributed by atoms with Gasteiger partial charge in [-0.05, 0) is 32.1 Å². The van der Waals surface area contributed by atoms with E-state index in [0.717, 1.165) is 25.7 Å². The Morgan fingerprint density at radius 1 is 1.26 bits per heavy atom. The van der Waals surface area contributed by atoms with Gasteiger partial charge < -0.3 is 11.1 Å². The van der Waals surface area contributed by atoms with Gasteiger partial charge in [-0.25, -0.2) is 8.42 Å². The highest BCUT2D eigenvalue weighted by Crippen LogP contribution is 2.21. The molecule has 1 amide bonds. The van der Waals surface area contributed by atoms with Crippen LogP contribution in [-0.4, -0.2) is 49.1 Å². The molecule has 0 aromatic rings. The first-order valence-electron chi connectivity index (χ1n) is 8.35. The molecule has 1 unspecified atom stereocenters. The van der Waals surface area contributed by atoms with E-state index in [9.17, 15) is 13.2 Å². The topological polar surface area (TPSA) is 92.5 Å². The second-order valence-electron chi connectivity index (χ2n) is 6.23. The van der Waals surface area contributed by atoms with Gasteiger partial charge >= 0.3 is 0 Å². The molecule has 0 radical (unpaired) electrons. The summed E-state index contributed by atoms with van der Waals surface area (Å²) in [4.78, 5) is 12.5. The summed E-state index contributed by atoms with van der Waals surface area (Å²) in [5.74, 6) is -0.113. The number of hydrogen-bond acceptors (Lipinski definition) is 4. The Kier molecular flexibility index (Phi) is 9.65. The minimum Gasteiger partial charge on any atom is -0.353 e. The van der Waals surface area contributed by atoms with E-state index in [1.54, 1.807) is 0 Å². The minimum absolute atomic E-state index is 0. The SMILES string of the molecule is CCCS(=O)(=O)N1CCCCC1C(=O)NCC(N)(CC)CC.Cl. The maximum atomic E-state index is 12.5. The van der Waals surface area contributed by atoms with Crippen LogP contribution in [0.25, 0.3) is 0 Å². The number of halogens is 1. The van der Waals surface area contributed by atoms with Crippen LogP contribution in [-0.2, 0) is 14.8 Å². The molecule has 1 atom stereocenters. The van der Waals surface area contributed by atoms with Gasteiger partial charge in [0.2, 0.25) is 15.9 Å². The fourth-order valence-electron chi connectivity index (χ4n) is 2.76. The van der Waals surface area contributed by atoms with Gasteiger partial charge in [0.05, 0.1) is 5.75 Å². The first-order chi connectivity index (χ1) is 10.3. The van der Waals surface area contributed by atoms with Gasteiger partial charge in [-0.2, -0.15) is 4.31 Å². The number of nitrogens with one attached hydrogen (secondary N) is 1. The third-order valence-electron chi connectivity index (χ3n) is 4.60. The summed E-state index contributed by atoms with van der Waals surface area (Å²) in [6.07, 6.45) is 4.39. The van der Waals surface area contributed by atoms with E-state index in [-0.39, 0.29) is 24.1 Å². The van der Waals surface area contributed by atoms with Crippen LogP contribution in [0.1, 0.15) is 59.3 Å². The number of hydrogen-bond donors (Lipinski definition) is 2. The molecule has 8 heteroatoms. The quantitative estimate of drug-likeness (QED) is 0.680. The first-order valence-corrected chi connectivity index (χ1v) is 9.96. The molecule has 138 valence electrons. The molecule has 1 saturated heterocycles. The molecule has 0 aliphatic carbocycles. The van der Waals surface area contributed by atoms with E-state index in [0.29, 0.717) is 25.9 Å². The highest BCUT2D eigenvalue weighted by Gasteiger charge is 2.36. The molecular weight excluding hydrogens is 338 g/mol. The smallest absolute Gasteiger partial charge is 0.238 e. The van der Waals surface area contributed by atoms with Crippen molar-refractivity contribution >= 4 is 28.3 Å². The van der Waals surface area contributed by atoms with E-state index in [1.165, 1.54) is 4.31 Å². The van der Waals surface area contributed by atoms with Crippen LogP contribution < -0.4 is 11.1 Å². The van der Waals surface area contributed by atoms with Gasteiger partial charge in [0, 0.05) is 18.6 Å². The standard InChI is InChI=1S/C15H31N3O3S.ClH/c1-4-11-22(20,21)18-10-8-7-9-13(18)14(19)17-12-15(16,5-2)6-3;/h13H,4-12,16H2,1-3H3,(H,17,19);1H. The van der Waals surface area contributed by atoms with E-state index in [2.05, 4.69) is 5.32 Å². The highest BCUT2D eigenvalue weighted by molar-refractivity contribution is 7.89. The van der Waals surface area contributed by atoms with Crippen LogP contribution in [0.5, 0.6) is 0 Å². The number of sulfonamides is 1. The van der Waals surface area contributed by atoms with Crippen LogP contribution >= 0.6 is 12.4 Å². The van der Waals surface area contributed by atoms with Crippen molar-refractivity contribution in [3.8, 4) is 0 Å². The van der Waals surface area contributed by atoms with E-state index < -0.39 is 21.6 Å². The summed E-state index contributed by atoms with van der Waals surface area (Å²) in [6, 6.07) is -0.580. The molecule has 0 aromatic carbocycles. The summed E-state index contributed by atoms with van der Waals surface area (Å²) in [6.45, 7) is 6.65. The zero-order chi connectivity index (χ0) is 16.8. The number of nitrogens with zero attached hydrogens (tertiary/aromatic N) is 1. The Labute approximate surface area is 147 Å². The van der Waals surface area contributed by atoms with E-state index in [4.69, 9.17) is 5.73 Å². The molecule has 1 rings (SSSR count).